The number of hydrogen-bond acceptors (Lipinski definition) is 1. The Morgan fingerprint density at radius 1 is 1.50 bits per heavy atom. The molecule has 0 atom stereocenters. The Bertz CT molecular complexity index is 171. The minimum absolute atomic E-state index is 1.37. The number of rotatable bonds is 0. The van der Waals surface area contributed by atoms with Gasteiger partial charge in [-0.2, -0.15) is 4.57 Å². The molecule has 2 heteroatoms. The molecule has 0 fully saturated rings. The van der Waals surface area contributed by atoms with Crippen LogP contribution in [0.3, 0.4) is 0 Å². The van der Waals surface area contributed by atoms with Gasteiger partial charge in [-0.15, -0.1) is 0 Å². The fraction of sp³-hybridized carbons (Fsp3) is 0.500. The average Bonchev–Trinajstić information content (AvgIpc) is 1.98. The van der Waals surface area contributed by atoms with Crippen molar-refractivity contribution in [2.24, 2.45) is 7.05 Å². The molecule has 0 amide bonds. The van der Waals surface area contributed by atoms with Crippen molar-refractivity contribution in [3.63, 3.8) is 0 Å². The molecule has 0 spiro atoms. The summed E-state index contributed by atoms with van der Waals surface area (Å²) in [5.41, 5.74) is 3.49. The van der Waals surface area contributed by atoms with Crippen LogP contribution in [0.4, 0.5) is 0 Å². The molecule has 0 radical (unpaired) electrons. The van der Waals surface area contributed by atoms with Gasteiger partial charge in [-0.1, -0.05) is 11.3 Å². The molecule has 0 unspecified atom stereocenters. The molecular formula is C6H10NS+. The van der Waals surface area contributed by atoms with E-state index < -0.39 is 0 Å². The van der Waals surface area contributed by atoms with Crippen molar-refractivity contribution in [2.75, 3.05) is 0 Å². The zero-order valence-electron chi connectivity index (χ0n) is 5.43. The Morgan fingerprint density at radius 2 is 2.12 bits per heavy atom. The molecule has 0 aliphatic heterocycles. The first kappa shape index (κ1) is 5.76. The van der Waals surface area contributed by atoms with E-state index in [9.17, 15) is 0 Å². The Morgan fingerprint density at radius 3 is 2.25 bits per heavy atom. The third-order valence-corrected chi connectivity index (χ3v) is 2.50. The number of hydrogen-bond donors (Lipinski definition) is 0. The number of aryl methyl sites for hydroxylation is 2. The van der Waals surface area contributed by atoms with Gasteiger partial charge in [0.25, 0.3) is 0 Å². The zero-order valence-corrected chi connectivity index (χ0v) is 6.25. The summed E-state index contributed by atoms with van der Waals surface area (Å²) in [4.78, 5) is 1.41. The van der Waals surface area contributed by atoms with Crippen LogP contribution >= 0.6 is 11.3 Å². The fourth-order valence-corrected chi connectivity index (χ4v) is 1.36. The second-order valence-corrected chi connectivity index (χ2v) is 3.03. The van der Waals surface area contributed by atoms with Gasteiger partial charge >= 0.3 is 0 Å². The Labute approximate surface area is 53.6 Å². The molecular weight excluding hydrogens is 119 g/mol. The van der Waals surface area contributed by atoms with Crippen LogP contribution < -0.4 is 4.57 Å². The standard InChI is InChI=1S/C6H10NS/c1-5-6(2)8-4-7(5)3/h4H,1-3H3/q+1/i4+1. The van der Waals surface area contributed by atoms with Crippen LogP contribution in [0, 0.1) is 13.8 Å². The largest absolute Gasteiger partial charge is 0.224 e. The quantitative estimate of drug-likeness (QED) is 0.463. The molecule has 0 saturated heterocycles. The van der Waals surface area contributed by atoms with E-state index in [-0.39, 0.29) is 0 Å². The molecule has 8 heavy (non-hydrogen) atoms. The van der Waals surface area contributed by atoms with E-state index in [1.807, 2.05) is 0 Å². The average molecular weight is 129 g/mol. The van der Waals surface area contributed by atoms with E-state index in [0.717, 1.165) is 0 Å². The van der Waals surface area contributed by atoms with Gasteiger partial charge in [-0.05, 0) is 6.92 Å². The highest BCUT2D eigenvalue weighted by atomic mass is 32.1. The SMILES string of the molecule is Cc1s[13cH][n+](C)c1C. The van der Waals surface area contributed by atoms with Crippen LogP contribution in [-0.2, 0) is 7.05 Å². The van der Waals surface area contributed by atoms with E-state index >= 15 is 0 Å². The first-order chi connectivity index (χ1) is 3.72. The van der Waals surface area contributed by atoms with Crippen molar-refractivity contribution in [3.8, 4) is 0 Å². The van der Waals surface area contributed by atoms with Crippen molar-refractivity contribution in [1.82, 2.24) is 0 Å². The van der Waals surface area contributed by atoms with Crippen LogP contribution in [0.25, 0.3) is 0 Å². The molecule has 1 aromatic rings. The Kier molecular flexibility index (Phi) is 1.34. The van der Waals surface area contributed by atoms with Gasteiger partial charge in [0.1, 0.15) is 7.05 Å². The molecule has 0 bridgehead atoms. The van der Waals surface area contributed by atoms with Crippen LogP contribution in [-0.4, -0.2) is 0 Å². The first-order valence-corrected chi connectivity index (χ1v) is 3.50. The van der Waals surface area contributed by atoms with Crippen LogP contribution in [0.1, 0.15) is 10.6 Å². The van der Waals surface area contributed by atoms with Crippen molar-refractivity contribution in [1.29, 1.82) is 0 Å². The van der Waals surface area contributed by atoms with Crippen molar-refractivity contribution < 1.29 is 4.57 Å². The monoisotopic (exact) mass is 129 g/mol. The number of thiazole rings is 1. The van der Waals surface area contributed by atoms with Crippen molar-refractivity contribution in [2.45, 2.75) is 13.8 Å². The number of aromatic nitrogens is 1. The molecule has 44 valence electrons. The molecule has 1 nitrogen and oxygen atoms in total. The van der Waals surface area contributed by atoms with Crippen LogP contribution in [0.2, 0.25) is 0 Å². The maximum Gasteiger partial charge on any atom is 0.224 e. The maximum atomic E-state index is 2.14. The third-order valence-electron chi connectivity index (χ3n) is 1.43. The second kappa shape index (κ2) is 1.86. The first-order valence-electron chi connectivity index (χ1n) is 2.62. The molecule has 0 N–H and O–H groups in total. The summed E-state index contributed by atoms with van der Waals surface area (Å²) < 4.78 is 2.14. The van der Waals surface area contributed by atoms with E-state index in [0.29, 0.717) is 0 Å². The minimum atomic E-state index is 1.37. The van der Waals surface area contributed by atoms with E-state index in [4.69, 9.17) is 0 Å². The Balaban J connectivity index is 3.19. The Hall–Kier alpha value is -0.370. The van der Waals surface area contributed by atoms with Crippen molar-refractivity contribution >= 4 is 11.3 Å². The summed E-state index contributed by atoms with van der Waals surface area (Å²) in [7, 11) is 2.07. The second-order valence-electron chi connectivity index (χ2n) is 1.98. The summed E-state index contributed by atoms with van der Waals surface area (Å²) in [6.07, 6.45) is 0. The lowest BCUT2D eigenvalue weighted by molar-refractivity contribution is -0.672. The van der Waals surface area contributed by atoms with Crippen molar-refractivity contribution in [3.05, 3.63) is 16.1 Å². The molecule has 0 aromatic carbocycles. The van der Waals surface area contributed by atoms with Gasteiger partial charge in [-0.3, -0.25) is 0 Å². The molecule has 0 saturated carbocycles. The molecule has 1 aromatic heterocycles. The maximum absolute atomic E-state index is 2.14. The van der Waals surface area contributed by atoms with Gasteiger partial charge in [-0.25, -0.2) is 0 Å². The van der Waals surface area contributed by atoms with Crippen LogP contribution in [0.5, 0.6) is 0 Å². The smallest absolute Gasteiger partial charge is 0.195 e. The lowest BCUT2D eigenvalue weighted by Gasteiger charge is -1.79. The topological polar surface area (TPSA) is 3.88 Å². The van der Waals surface area contributed by atoms with Gasteiger partial charge in [0.15, 0.2) is 5.69 Å². The van der Waals surface area contributed by atoms with Gasteiger partial charge in [0.2, 0.25) is 5.51 Å². The predicted molar refractivity (Wildman–Crippen MR) is 35.0 cm³/mol. The van der Waals surface area contributed by atoms with Gasteiger partial charge in [0.05, 0.1) is 4.88 Å². The predicted octanol–water partition coefficient (Wildman–Crippen LogP) is 1.19. The highest BCUT2D eigenvalue weighted by molar-refractivity contribution is 7.09. The normalized spacial score (nSPS) is 9.88. The summed E-state index contributed by atoms with van der Waals surface area (Å²) >= 11 is 1.79. The zero-order chi connectivity index (χ0) is 6.15. The third kappa shape index (κ3) is 0.757. The lowest BCUT2D eigenvalue weighted by Crippen LogP contribution is -2.27. The van der Waals surface area contributed by atoms with E-state index in [1.165, 1.54) is 10.6 Å². The summed E-state index contributed by atoms with van der Waals surface area (Å²) in [5, 5.41) is 0. The van der Waals surface area contributed by atoms with Gasteiger partial charge < -0.3 is 0 Å². The summed E-state index contributed by atoms with van der Waals surface area (Å²) in [5.74, 6) is 0. The van der Waals surface area contributed by atoms with E-state index in [2.05, 4.69) is 31.0 Å². The number of nitrogens with zero attached hydrogens (tertiary/aromatic N) is 1. The highest BCUT2D eigenvalue weighted by Gasteiger charge is 2.04. The summed E-state index contributed by atoms with van der Waals surface area (Å²) in [6, 6.07) is 0. The molecule has 0 aliphatic rings. The minimum Gasteiger partial charge on any atom is -0.195 e. The van der Waals surface area contributed by atoms with Gasteiger partial charge in [0, 0.05) is 6.92 Å². The lowest BCUT2D eigenvalue weighted by atomic mass is 10.4. The molecule has 1 rings (SSSR count). The van der Waals surface area contributed by atoms with Crippen LogP contribution in [0.15, 0.2) is 5.51 Å². The fourth-order valence-electron chi connectivity index (χ4n) is 0.571. The highest BCUT2D eigenvalue weighted by Crippen LogP contribution is 2.05. The van der Waals surface area contributed by atoms with E-state index in [1.54, 1.807) is 11.3 Å². The molecule has 0 aliphatic carbocycles. The summed E-state index contributed by atoms with van der Waals surface area (Å²) in [6.45, 7) is 4.27. The molecule has 1 heterocycles.